The smallest absolute Gasteiger partial charge is 0.124 e. The summed E-state index contributed by atoms with van der Waals surface area (Å²) in [4.78, 5) is 0. The van der Waals surface area contributed by atoms with Gasteiger partial charge in [-0.2, -0.15) is 0 Å². The largest absolute Gasteiger partial charge is 0.493 e. The molecule has 2 nitrogen and oxygen atoms in total. The molecule has 0 atom stereocenters. The van der Waals surface area contributed by atoms with Gasteiger partial charge in [0.2, 0.25) is 0 Å². The summed E-state index contributed by atoms with van der Waals surface area (Å²) in [6.45, 7) is 3.84. The van der Waals surface area contributed by atoms with Gasteiger partial charge in [-0.05, 0) is 36.1 Å². The lowest BCUT2D eigenvalue weighted by atomic mass is 10.0. The van der Waals surface area contributed by atoms with E-state index >= 15 is 0 Å². The van der Waals surface area contributed by atoms with Crippen molar-refractivity contribution in [1.29, 1.82) is 0 Å². The van der Waals surface area contributed by atoms with Gasteiger partial charge in [0, 0.05) is 18.2 Å². The maximum Gasteiger partial charge on any atom is 0.124 e. The highest BCUT2D eigenvalue weighted by Gasteiger charge is 2.16. The first-order valence-electron chi connectivity index (χ1n) is 8.25. The van der Waals surface area contributed by atoms with Crippen molar-refractivity contribution in [3.63, 3.8) is 0 Å². The molecule has 0 heterocycles. The zero-order valence-electron chi connectivity index (χ0n) is 12.9. The number of fused-ring (bicyclic) bond motifs is 1. The SMILES string of the molecule is CCCOc1ccc2ccccc2c1CNC1CCCC1. The Balaban J connectivity index is 1.86. The summed E-state index contributed by atoms with van der Waals surface area (Å²) in [6.07, 6.45) is 6.41. The molecule has 0 saturated heterocycles. The third-order valence-corrected chi connectivity index (χ3v) is 4.38. The quantitative estimate of drug-likeness (QED) is 0.832. The topological polar surface area (TPSA) is 21.3 Å². The number of ether oxygens (including phenoxy) is 1. The van der Waals surface area contributed by atoms with E-state index in [9.17, 15) is 0 Å². The Kier molecular flexibility index (Phi) is 4.76. The molecule has 1 saturated carbocycles. The molecular formula is C19H25NO. The van der Waals surface area contributed by atoms with Crippen LogP contribution in [0.25, 0.3) is 10.8 Å². The third-order valence-electron chi connectivity index (χ3n) is 4.38. The maximum absolute atomic E-state index is 5.97. The van der Waals surface area contributed by atoms with E-state index in [1.54, 1.807) is 0 Å². The number of hydrogen-bond donors (Lipinski definition) is 1. The van der Waals surface area contributed by atoms with Crippen LogP contribution in [-0.2, 0) is 6.54 Å². The van der Waals surface area contributed by atoms with E-state index in [0.29, 0.717) is 6.04 Å². The number of nitrogens with one attached hydrogen (secondary N) is 1. The first-order valence-corrected chi connectivity index (χ1v) is 8.25. The Bertz CT molecular complexity index is 587. The van der Waals surface area contributed by atoms with E-state index in [-0.39, 0.29) is 0 Å². The van der Waals surface area contributed by atoms with E-state index in [1.165, 1.54) is 42.0 Å². The Morgan fingerprint density at radius 1 is 1.10 bits per heavy atom. The molecule has 2 heteroatoms. The van der Waals surface area contributed by atoms with Crippen LogP contribution in [0.15, 0.2) is 36.4 Å². The average Bonchev–Trinajstić information content (AvgIpc) is 3.04. The molecule has 0 aliphatic heterocycles. The van der Waals surface area contributed by atoms with Gasteiger partial charge in [0.15, 0.2) is 0 Å². The van der Waals surface area contributed by atoms with Crippen LogP contribution in [0.4, 0.5) is 0 Å². The molecule has 0 amide bonds. The second-order valence-electron chi connectivity index (χ2n) is 5.97. The summed E-state index contributed by atoms with van der Waals surface area (Å²) in [5, 5.41) is 6.34. The molecule has 0 bridgehead atoms. The molecule has 1 N–H and O–H groups in total. The number of benzene rings is 2. The van der Waals surface area contributed by atoms with Gasteiger partial charge in [-0.15, -0.1) is 0 Å². The van der Waals surface area contributed by atoms with Gasteiger partial charge in [0.1, 0.15) is 5.75 Å². The Labute approximate surface area is 127 Å². The molecule has 0 unspecified atom stereocenters. The number of rotatable bonds is 6. The van der Waals surface area contributed by atoms with Gasteiger partial charge in [-0.25, -0.2) is 0 Å². The standard InChI is InChI=1S/C19H25NO/c1-2-13-21-19-12-11-15-7-3-6-10-17(15)18(19)14-20-16-8-4-5-9-16/h3,6-7,10-12,16,20H,2,4-5,8-9,13-14H2,1H3. The minimum atomic E-state index is 0.683. The van der Waals surface area contributed by atoms with Gasteiger partial charge in [0.05, 0.1) is 6.61 Å². The first kappa shape index (κ1) is 14.4. The molecule has 2 aromatic carbocycles. The third kappa shape index (κ3) is 3.38. The lowest BCUT2D eigenvalue weighted by Gasteiger charge is -2.17. The summed E-state index contributed by atoms with van der Waals surface area (Å²) in [7, 11) is 0. The van der Waals surface area contributed by atoms with Gasteiger partial charge >= 0.3 is 0 Å². The normalized spacial score (nSPS) is 15.7. The van der Waals surface area contributed by atoms with Crippen LogP contribution in [0.1, 0.15) is 44.6 Å². The second-order valence-corrected chi connectivity index (χ2v) is 5.97. The van der Waals surface area contributed by atoms with Gasteiger partial charge in [0.25, 0.3) is 0 Å². The lowest BCUT2D eigenvalue weighted by Crippen LogP contribution is -2.25. The first-order chi connectivity index (χ1) is 10.4. The van der Waals surface area contributed by atoms with Crippen molar-refractivity contribution in [3.8, 4) is 5.75 Å². The van der Waals surface area contributed by atoms with E-state index in [2.05, 4.69) is 48.6 Å². The molecule has 1 aliphatic carbocycles. The highest BCUT2D eigenvalue weighted by atomic mass is 16.5. The van der Waals surface area contributed by atoms with Gasteiger partial charge in [-0.1, -0.05) is 50.1 Å². The summed E-state index contributed by atoms with van der Waals surface area (Å²) >= 11 is 0. The highest BCUT2D eigenvalue weighted by Crippen LogP contribution is 2.29. The molecule has 112 valence electrons. The Morgan fingerprint density at radius 3 is 2.71 bits per heavy atom. The van der Waals surface area contributed by atoms with E-state index in [1.807, 2.05) is 0 Å². The van der Waals surface area contributed by atoms with Crippen molar-refractivity contribution in [2.75, 3.05) is 6.61 Å². The molecule has 21 heavy (non-hydrogen) atoms. The Hall–Kier alpha value is -1.54. The number of hydrogen-bond acceptors (Lipinski definition) is 2. The molecule has 1 aliphatic rings. The summed E-state index contributed by atoms with van der Waals surface area (Å²) in [6, 6.07) is 13.6. The van der Waals surface area contributed by atoms with Crippen molar-refractivity contribution < 1.29 is 4.74 Å². The van der Waals surface area contributed by atoms with Crippen LogP contribution in [0.5, 0.6) is 5.75 Å². The molecule has 2 aromatic rings. The molecule has 0 radical (unpaired) electrons. The zero-order chi connectivity index (χ0) is 14.5. The lowest BCUT2D eigenvalue weighted by molar-refractivity contribution is 0.313. The van der Waals surface area contributed by atoms with Crippen LogP contribution in [0, 0.1) is 0 Å². The molecule has 1 fully saturated rings. The Morgan fingerprint density at radius 2 is 1.90 bits per heavy atom. The predicted molar refractivity (Wildman–Crippen MR) is 88.8 cm³/mol. The van der Waals surface area contributed by atoms with Crippen molar-refractivity contribution in [3.05, 3.63) is 42.0 Å². The second kappa shape index (κ2) is 6.95. The summed E-state index contributed by atoms with van der Waals surface area (Å²) in [5.41, 5.74) is 1.31. The van der Waals surface area contributed by atoms with Crippen molar-refractivity contribution in [2.24, 2.45) is 0 Å². The van der Waals surface area contributed by atoms with Gasteiger partial charge < -0.3 is 10.1 Å². The fourth-order valence-corrected chi connectivity index (χ4v) is 3.22. The molecule has 0 aromatic heterocycles. The van der Waals surface area contributed by atoms with Crippen LogP contribution in [-0.4, -0.2) is 12.6 Å². The van der Waals surface area contributed by atoms with E-state index in [4.69, 9.17) is 4.74 Å². The van der Waals surface area contributed by atoms with Gasteiger partial charge in [-0.3, -0.25) is 0 Å². The fourth-order valence-electron chi connectivity index (χ4n) is 3.22. The molecule has 0 spiro atoms. The molecule has 3 rings (SSSR count). The monoisotopic (exact) mass is 283 g/mol. The van der Waals surface area contributed by atoms with Crippen molar-refractivity contribution in [1.82, 2.24) is 5.32 Å². The fraction of sp³-hybridized carbons (Fsp3) is 0.474. The molecular weight excluding hydrogens is 258 g/mol. The van der Waals surface area contributed by atoms with E-state index < -0.39 is 0 Å². The zero-order valence-corrected chi connectivity index (χ0v) is 12.9. The average molecular weight is 283 g/mol. The van der Waals surface area contributed by atoms with Crippen LogP contribution in [0.2, 0.25) is 0 Å². The van der Waals surface area contributed by atoms with Crippen molar-refractivity contribution in [2.45, 2.75) is 51.6 Å². The predicted octanol–water partition coefficient (Wildman–Crippen LogP) is 4.66. The summed E-state index contributed by atoms with van der Waals surface area (Å²) < 4.78 is 5.97. The summed E-state index contributed by atoms with van der Waals surface area (Å²) in [5.74, 6) is 1.04. The van der Waals surface area contributed by atoms with Crippen LogP contribution < -0.4 is 10.1 Å². The minimum Gasteiger partial charge on any atom is -0.493 e. The minimum absolute atomic E-state index is 0.683. The van der Waals surface area contributed by atoms with E-state index in [0.717, 1.165) is 25.3 Å². The maximum atomic E-state index is 5.97. The van der Waals surface area contributed by atoms with Crippen LogP contribution >= 0.6 is 0 Å². The van der Waals surface area contributed by atoms with Crippen molar-refractivity contribution >= 4 is 10.8 Å². The highest BCUT2D eigenvalue weighted by molar-refractivity contribution is 5.87. The van der Waals surface area contributed by atoms with Crippen LogP contribution in [0.3, 0.4) is 0 Å².